The van der Waals surface area contributed by atoms with Crippen LogP contribution < -0.4 is 16.3 Å². The molecule has 0 unspecified atom stereocenters. The van der Waals surface area contributed by atoms with Gasteiger partial charge in [0.15, 0.2) is 5.82 Å². The molecule has 0 fully saturated rings. The molecule has 33 heavy (non-hydrogen) atoms. The molecule has 0 aliphatic heterocycles. The number of aryl methyl sites for hydroxylation is 2. The minimum Gasteiger partial charge on any atom is -0.486 e. The first-order valence-corrected chi connectivity index (χ1v) is 12.4. The number of thiophene rings is 1. The molecule has 3 aromatic heterocycles. The average Bonchev–Trinajstić information content (AvgIpc) is 3.25. The fourth-order valence-corrected chi connectivity index (χ4v) is 5.25. The number of nitrogen functional groups attached to an aromatic ring is 2. The summed E-state index contributed by atoms with van der Waals surface area (Å²) in [5, 5.41) is 9.82. The maximum Gasteiger partial charge on any atom is 0.210 e. The van der Waals surface area contributed by atoms with Crippen LogP contribution >= 0.6 is 23.1 Å². The molecule has 10 heteroatoms. The Hall–Kier alpha value is -2.85. The first kappa shape index (κ1) is 23.3. The Morgan fingerprint density at radius 2 is 1.82 bits per heavy atom. The van der Waals surface area contributed by atoms with E-state index in [2.05, 4.69) is 55.0 Å². The lowest BCUT2D eigenvalue weighted by Crippen LogP contribution is -2.16. The van der Waals surface area contributed by atoms with Crippen LogP contribution in [0.3, 0.4) is 0 Å². The molecule has 4 aromatic rings. The molecule has 0 spiro atoms. The Bertz CT molecular complexity index is 1290. The number of aromatic nitrogens is 5. The third kappa shape index (κ3) is 4.77. The van der Waals surface area contributed by atoms with Gasteiger partial charge < -0.3 is 16.3 Å². The predicted octanol–water partition coefficient (Wildman–Crippen LogP) is 4.93. The third-order valence-electron chi connectivity index (χ3n) is 5.54. The van der Waals surface area contributed by atoms with E-state index in [1.54, 1.807) is 11.3 Å². The van der Waals surface area contributed by atoms with Crippen molar-refractivity contribution in [3.8, 4) is 5.75 Å². The first-order chi connectivity index (χ1) is 15.5. The highest BCUT2D eigenvalue weighted by Crippen LogP contribution is 2.36. The molecule has 8 nitrogen and oxygen atoms in total. The minimum atomic E-state index is -0.107. The molecular formula is C23H29N7OS2. The van der Waals surface area contributed by atoms with Crippen LogP contribution in [0.1, 0.15) is 60.6 Å². The summed E-state index contributed by atoms with van der Waals surface area (Å²) in [6, 6.07) is 8.07. The number of ether oxygens (including phenoxy) is 1. The highest BCUT2D eigenvalue weighted by atomic mass is 32.2. The van der Waals surface area contributed by atoms with Crippen molar-refractivity contribution in [1.82, 2.24) is 24.8 Å². The maximum absolute atomic E-state index is 6.25. The van der Waals surface area contributed by atoms with E-state index in [1.165, 1.54) is 26.9 Å². The molecule has 1 atom stereocenters. The maximum atomic E-state index is 6.25. The van der Waals surface area contributed by atoms with Crippen molar-refractivity contribution in [3.05, 3.63) is 51.9 Å². The molecule has 3 heterocycles. The van der Waals surface area contributed by atoms with Crippen LogP contribution in [0.5, 0.6) is 5.75 Å². The summed E-state index contributed by atoms with van der Waals surface area (Å²) in [7, 11) is 0. The standard InChI is InChI=1S/C23H29N7OS2/c1-12-13(2)32-21-18(12)19(24)26-20(27-21)14(3)33-22-29-28-17(30(22)25)11-31-16-9-7-15(8-10-16)23(4,5)6/h7-10,14H,11,25H2,1-6H3,(H2,24,26,27)/t14-/m1/s1. The molecule has 0 radical (unpaired) electrons. The van der Waals surface area contributed by atoms with Crippen molar-refractivity contribution in [3.63, 3.8) is 0 Å². The SMILES string of the molecule is Cc1sc2nc([C@@H](C)Sc3nnc(COc4ccc(C(C)(C)C)cc4)n3N)nc(N)c2c1C. The van der Waals surface area contributed by atoms with Crippen molar-refractivity contribution in [2.24, 2.45) is 0 Å². The molecule has 0 bridgehead atoms. The number of hydrogen-bond acceptors (Lipinski definition) is 9. The fraction of sp³-hybridized carbons (Fsp3) is 0.391. The highest BCUT2D eigenvalue weighted by molar-refractivity contribution is 7.99. The van der Waals surface area contributed by atoms with Gasteiger partial charge in [-0.15, -0.1) is 21.5 Å². The molecule has 4 rings (SSSR count). The molecule has 0 saturated heterocycles. The van der Waals surface area contributed by atoms with Gasteiger partial charge >= 0.3 is 0 Å². The van der Waals surface area contributed by atoms with Gasteiger partial charge in [0.05, 0.1) is 10.6 Å². The Kier molecular flexibility index (Phi) is 6.24. The summed E-state index contributed by atoms with van der Waals surface area (Å²) in [4.78, 5) is 11.4. The average molecular weight is 484 g/mol. The Balaban J connectivity index is 1.45. The van der Waals surface area contributed by atoms with Crippen LogP contribution in [0.25, 0.3) is 10.2 Å². The molecule has 0 aliphatic rings. The third-order valence-corrected chi connectivity index (χ3v) is 7.70. The topological polar surface area (TPSA) is 118 Å². The van der Waals surface area contributed by atoms with E-state index in [-0.39, 0.29) is 17.3 Å². The van der Waals surface area contributed by atoms with Gasteiger partial charge in [0.25, 0.3) is 0 Å². The minimum absolute atomic E-state index is 0.0961. The van der Waals surface area contributed by atoms with Gasteiger partial charge in [0.2, 0.25) is 5.16 Å². The molecular weight excluding hydrogens is 454 g/mol. The van der Waals surface area contributed by atoms with Crippen molar-refractivity contribution in [2.45, 2.75) is 64.0 Å². The number of fused-ring (bicyclic) bond motifs is 1. The number of thioether (sulfide) groups is 1. The van der Waals surface area contributed by atoms with Crippen molar-refractivity contribution in [1.29, 1.82) is 0 Å². The zero-order chi connectivity index (χ0) is 23.9. The number of benzene rings is 1. The van der Waals surface area contributed by atoms with Gasteiger partial charge in [0, 0.05) is 4.88 Å². The second kappa shape index (κ2) is 8.83. The largest absolute Gasteiger partial charge is 0.486 e. The van der Waals surface area contributed by atoms with Gasteiger partial charge in [-0.2, -0.15) is 0 Å². The van der Waals surface area contributed by atoms with Crippen LogP contribution in [0, 0.1) is 13.8 Å². The van der Waals surface area contributed by atoms with E-state index >= 15 is 0 Å². The summed E-state index contributed by atoms with van der Waals surface area (Å²) in [6.45, 7) is 12.9. The Morgan fingerprint density at radius 3 is 2.48 bits per heavy atom. The van der Waals surface area contributed by atoms with Crippen molar-refractivity contribution >= 4 is 39.1 Å². The van der Waals surface area contributed by atoms with E-state index in [0.29, 0.717) is 22.6 Å². The Labute approximate surface area is 201 Å². The lowest BCUT2D eigenvalue weighted by molar-refractivity contribution is 0.291. The lowest BCUT2D eigenvalue weighted by Gasteiger charge is -2.19. The van der Waals surface area contributed by atoms with E-state index < -0.39 is 0 Å². The zero-order valence-corrected chi connectivity index (χ0v) is 21.3. The molecule has 0 saturated carbocycles. The Morgan fingerprint density at radius 1 is 1.12 bits per heavy atom. The quantitative estimate of drug-likeness (QED) is 0.293. The molecule has 0 amide bonds. The van der Waals surface area contributed by atoms with Gasteiger partial charge in [-0.1, -0.05) is 44.7 Å². The van der Waals surface area contributed by atoms with Gasteiger partial charge in [-0.3, -0.25) is 0 Å². The number of hydrogen-bond donors (Lipinski definition) is 2. The fourth-order valence-electron chi connectivity index (χ4n) is 3.38. The summed E-state index contributed by atoms with van der Waals surface area (Å²) in [6.07, 6.45) is 0. The van der Waals surface area contributed by atoms with E-state index in [0.717, 1.165) is 21.5 Å². The molecule has 174 valence electrons. The van der Waals surface area contributed by atoms with E-state index in [1.807, 2.05) is 26.0 Å². The number of nitrogens with zero attached hydrogens (tertiary/aromatic N) is 5. The smallest absolute Gasteiger partial charge is 0.210 e. The second-order valence-corrected chi connectivity index (χ2v) is 11.5. The second-order valence-electron chi connectivity index (χ2n) is 9.02. The van der Waals surface area contributed by atoms with Crippen LogP contribution in [-0.4, -0.2) is 24.8 Å². The van der Waals surface area contributed by atoms with E-state index in [4.69, 9.17) is 21.3 Å². The molecule has 0 aliphatic carbocycles. The number of anilines is 1. The lowest BCUT2D eigenvalue weighted by atomic mass is 9.87. The normalized spacial score (nSPS) is 12.9. The highest BCUT2D eigenvalue weighted by Gasteiger charge is 2.20. The van der Waals surface area contributed by atoms with Crippen LogP contribution in [0.15, 0.2) is 29.4 Å². The monoisotopic (exact) mass is 483 g/mol. The summed E-state index contributed by atoms with van der Waals surface area (Å²) >= 11 is 3.06. The molecule has 1 aromatic carbocycles. The van der Waals surface area contributed by atoms with Crippen LogP contribution in [-0.2, 0) is 12.0 Å². The summed E-state index contributed by atoms with van der Waals surface area (Å²) < 4.78 is 7.32. The van der Waals surface area contributed by atoms with E-state index in [9.17, 15) is 0 Å². The van der Waals surface area contributed by atoms with Crippen molar-refractivity contribution in [2.75, 3.05) is 11.6 Å². The predicted molar refractivity (Wildman–Crippen MR) is 135 cm³/mol. The zero-order valence-electron chi connectivity index (χ0n) is 19.7. The van der Waals surface area contributed by atoms with Gasteiger partial charge in [-0.05, 0) is 49.4 Å². The number of nitrogens with two attached hydrogens (primary N) is 2. The summed E-state index contributed by atoms with van der Waals surface area (Å²) in [5.41, 5.74) is 8.72. The van der Waals surface area contributed by atoms with Gasteiger partial charge in [-0.25, -0.2) is 14.6 Å². The van der Waals surface area contributed by atoms with Crippen LogP contribution in [0.4, 0.5) is 5.82 Å². The molecule has 4 N–H and O–H groups in total. The summed E-state index contributed by atoms with van der Waals surface area (Å²) in [5.74, 6) is 8.68. The first-order valence-electron chi connectivity index (χ1n) is 10.7. The van der Waals surface area contributed by atoms with Crippen LogP contribution in [0.2, 0.25) is 0 Å². The number of rotatable bonds is 6. The van der Waals surface area contributed by atoms with Gasteiger partial charge in [0.1, 0.15) is 28.8 Å². The van der Waals surface area contributed by atoms with Crippen molar-refractivity contribution < 1.29 is 4.74 Å².